The van der Waals surface area contributed by atoms with E-state index in [1.807, 2.05) is 0 Å². The Labute approximate surface area is 149 Å². The lowest BCUT2D eigenvalue weighted by atomic mass is 9.77. The van der Waals surface area contributed by atoms with Gasteiger partial charge in [0.15, 0.2) is 5.15 Å². The quantitative estimate of drug-likeness (QED) is 0.854. The van der Waals surface area contributed by atoms with Gasteiger partial charge in [0.05, 0.1) is 11.5 Å². The molecule has 0 aliphatic carbocycles. The average molecular weight is 370 g/mol. The second-order valence-corrected chi connectivity index (χ2v) is 7.04. The number of rotatable bonds is 4. The van der Waals surface area contributed by atoms with Gasteiger partial charge in [0, 0.05) is 45.5 Å². The van der Waals surface area contributed by atoms with Crippen LogP contribution in [0.15, 0.2) is 10.6 Å². The number of halogens is 1. The molecular weight excluding hydrogens is 350 g/mol. The fourth-order valence-corrected chi connectivity index (χ4v) is 4.08. The van der Waals surface area contributed by atoms with Crippen LogP contribution in [0, 0.1) is 5.92 Å². The minimum Gasteiger partial charge on any atom is -0.481 e. The first kappa shape index (κ1) is 17.7. The van der Waals surface area contributed by atoms with Crippen LogP contribution in [0.4, 0.5) is 0 Å². The highest BCUT2D eigenvalue weighted by Crippen LogP contribution is 2.42. The molecule has 8 nitrogen and oxygen atoms in total. The van der Waals surface area contributed by atoms with Crippen LogP contribution in [0.2, 0.25) is 5.15 Å². The topological polar surface area (TPSA) is 104 Å². The van der Waals surface area contributed by atoms with Gasteiger partial charge in [-0.05, 0) is 12.8 Å². The molecule has 2 fully saturated rings. The molecule has 9 heteroatoms. The largest absolute Gasteiger partial charge is 0.481 e. The van der Waals surface area contributed by atoms with Crippen molar-refractivity contribution < 1.29 is 24.0 Å². The van der Waals surface area contributed by atoms with Gasteiger partial charge < -0.3 is 19.4 Å². The molecule has 1 spiro atoms. The number of likely N-dealkylation sites (tertiary alicyclic amines) is 2. The van der Waals surface area contributed by atoms with E-state index >= 15 is 0 Å². The van der Waals surface area contributed by atoms with Gasteiger partial charge in [-0.3, -0.25) is 14.4 Å². The van der Waals surface area contributed by atoms with E-state index < -0.39 is 17.4 Å². The van der Waals surface area contributed by atoms with Gasteiger partial charge in [0.25, 0.3) is 0 Å². The van der Waals surface area contributed by atoms with Crippen molar-refractivity contribution >= 4 is 29.4 Å². The molecular formula is C16H20ClN3O5. The van der Waals surface area contributed by atoms with E-state index in [4.69, 9.17) is 16.1 Å². The van der Waals surface area contributed by atoms with E-state index in [-0.39, 0.29) is 29.8 Å². The van der Waals surface area contributed by atoms with Crippen molar-refractivity contribution in [1.29, 1.82) is 0 Å². The molecule has 0 aromatic carbocycles. The third-order valence-electron chi connectivity index (χ3n) is 5.47. The predicted molar refractivity (Wildman–Crippen MR) is 86.9 cm³/mol. The highest BCUT2D eigenvalue weighted by molar-refractivity contribution is 6.29. The molecule has 0 bridgehead atoms. The first-order chi connectivity index (χ1) is 11.8. The van der Waals surface area contributed by atoms with Crippen LogP contribution in [0.3, 0.4) is 0 Å². The summed E-state index contributed by atoms with van der Waals surface area (Å²) in [5.41, 5.74) is -0.682. The van der Waals surface area contributed by atoms with Crippen LogP contribution in [0.25, 0.3) is 0 Å². The number of carboxylic acid groups (broad SMARTS) is 1. The van der Waals surface area contributed by atoms with Gasteiger partial charge in [-0.25, -0.2) is 0 Å². The molecule has 2 aliphatic rings. The van der Waals surface area contributed by atoms with E-state index in [0.29, 0.717) is 38.1 Å². The van der Waals surface area contributed by atoms with Gasteiger partial charge in [-0.2, -0.15) is 0 Å². The monoisotopic (exact) mass is 369 g/mol. The normalized spacial score (nSPS) is 22.6. The number of carbonyl (C=O) groups is 3. The Morgan fingerprint density at radius 3 is 2.68 bits per heavy atom. The summed E-state index contributed by atoms with van der Waals surface area (Å²) in [5.74, 6) is -1.27. The lowest BCUT2D eigenvalue weighted by Crippen LogP contribution is -2.56. The van der Waals surface area contributed by atoms with Gasteiger partial charge in [0.2, 0.25) is 11.8 Å². The Morgan fingerprint density at radius 2 is 2.12 bits per heavy atom. The molecule has 1 atom stereocenters. The van der Waals surface area contributed by atoms with E-state index in [1.165, 1.54) is 0 Å². The third kappa shape index (κ3) is 3.22. The minimum absolute atomic E-state index is 0.0266. The average Bonchev–Trinajstić information content (AvgIpc) is 3.10. The van der Waals surface area contributed by atoms with Crippen molar-refractivity contribution in [2.75, 3.05) is 20.1 Å². The summed E-state index contributed by atoms with van der Waals surface area (Å²) in [7, 11) is 1.66. The zero-order chi connectivity index (χ0) is 18.2. The summed E-state index contributed by atoms with van der Waals surface area (Å²) in [5, 5.41) is 13.3. The van der Waals surface area contributed by atoms with E-state index in [9.17, 15) is 19.5 Å². The molecule has 1 N–H and O–H groups in total. The van der Waals surface area contributed by atoms with E-state index in [0.717, 1.165) is 0 Å². The Hall–Kier alpha value is -2.09. The summed E-state index contributed by atoms with van der Waals surface area (Å²) in [6.45, 7) is 0.884. The molecule has 0 saturated carbocycles. The maximum Gasteiger partial charge on any atom is 0.309 e. The Balaban J connectivity index is 1.60. The zero-order valence-electron chi connectivity index (χ0n) is 13.9. The van der Waals surface area contributed by atoms with Gasteiger partial charge >= 0.3 is 5.97 Å². The Morgan fingerprint density at radius 1 is 1.44 bits per heavy atom. The van der Waals surface area contributed by atoms with Crippen LogP contribution < -0.4 is 0 Å². The van der Waals surface area contributed by atoms with Crippen molar-refractivity contribution in [1.82, 2.24) is 15.0 Å². The predicted octanol–water partition coefficient (Wildman–Crippen LogP) is 1.18. The minimum atomic E-state index is -0.945. The van der Waals surface area contributed by atoms with E-state index in [1.54, 1.807) is 22.9 Å². The number of carbonyl (C=O) groups excluding carboxylic acids is 2. The molecule has 1 aromatic rings. The first-order valence-corrected chi connectivity index (χ1v) is 8.59. The van der Waals surface area contributed by atoms with Crippen molar-refractivity contribution in [3.05, 3.63) is 17.0 Å². The molecule has 2 aliphatic heterocycles. The van der Waals surface area contributed by atoms with Crippen molar-refractivity contribution in [3.63, 3.8) is 0 Å². The number of piperidine rings is 1. The zero-order valence-corrected chi connectivity index (χ0v) is 14.7. The van der Waals surface area contributed by atoms with Gasteiger partial charge in [-0.15, -0.1) is 0 Å². The molecule has 1 aromatic heterocycles. The lowest BCUT2D eigenvalue weighted by Gasteiger charge is -2.45. The van der Waals surface area contributed by atoms with Gasteiger partial charge in [-0.1, -0.05) is 16.8 Å². The van der Waals surface area contributed by atoms with Crippen molar-refractivity contribution in [3.8, 4) is 0 Å². The Bertz CT molecular complexity index is 696. The standard InChI is InChI=1S/C16H20ClN3O5/c1-19-14(22)9-11(15(23)24)16(19)4-6-20(7-5-16)13(21)3-2-10-8-12(17)18-25-10/h8,11H,2-7,9H2,1H3,(H,23,24). The fraction of sp³-hybridized carbons (Fsp3) is 0.625. The van der Waals surface area contributed by atoms with Gasteiger partial charge in [0.1, 0.15) is 5.76 Å². The molecule has 136 valence electrons. The number of aromatic nitrogens is 1. The summed E-state index contributed by atoms with van der Waals surface area (Å²) >= 11 is 5.68. The summed E-state index contributed by atoms with van der Waals surface area (Å²) in [6, 6.07) is 1.58. The summed E-state index contributed by atoms with van der Waals surface area (Å²) < 4.78 is 4.98. The summed E-state index contributed by atoms with van der Waals surface area (Å²) in [4.78, 5) is 39.2. The van der Waals surface area contributed by atoms with Crippen molar-refractivity contribution in [2.24, 2.45) is 5.92 Å². The van der Waals surface area contributed by atoms with Crippen LogP contribution >= 0.6 is 11.6 Å². The number of hydrogen-bond donors (Lipinski definition) is 1. The number of aliphatic carboxylic acids is 1. The number of aryl methyl sites for hydroxylation is 1. The highest BCUT2D eigenvalue weighted by Gasteiger charge is 2.55. The fourth-order valence-electron chi connectivity index (χ4n) is 3.92. The molecule has 25 heavy (non-hydrogen) atoms. The van der Waals surface area contributed by atoms with Crippen molar-refractivity contribution in [2.45, 2.75) is 37.6 Å². The maximum atomic E-state index is 12.4. The van der Waals surface area contributed by atoms with Crippen LogP contribution in [0.5, 0.6) is 0 Å². The molecule has 0 radical (unpaired) electrons. The second kappa shape index (κ2) is 6.67. The van der Waals surface area contributed by atoms with Crippen LogP contribution in [-0.4, -0.2) is 63.5 Å². The summed E-state index contributed by atoms with van der Waals surface area (Å²) in [6.07, 6.45) is 1.68. The highest BCUT2D eigenvalue weighted by atomic mass is 35.5. The number of hydrogen-bond acceptors (Lipinski definition) is 5. The molecule has 3 heterocycles. The maximum absolute atomic E-state index is 12.4. The molecule has 2 saturated heterocycles. The van der Waals surface area contributed by atoms with Crippen LogP contribution in [-0.2, 0) is 20.8 Å². The second-order valence-electron chi connectivity index (χ2n) is 6.65. The first-order valence-electron chi connectivity index (χ1n) is 8.22. The lowest BCUT2D eigenvalue weighted by molar-refractivity contribution is -0.147. The Kier molecular flexibility index (Phi) is 4.73. The molecule has 1 unspecified atom stereocenters. The van der Waals surface area contributed by atoms with Crippen LogP contribution in [0.1, 0.15) is 31.4 Å². The number of amides is 2. The molecule has 2 amide bonds. The number of nitrogens with zero attached hydrogens (tertiary/aromatic N) is 3. The van der Waals surface area contributed by atoms with E-state index in [2.05, 4.69) is 5.16 Å². The third-order valence-corrected chi connectivity index (χ3v) is 5.64. The SMILES string of the molecule is CN1C(=O)CC(C(=O)O)C12CCN(C(=O)CCc1cc(Cl)no1)CC2. The molecule has 3 rings (SSSR count). The smallest absolute Gasteiger partial charge is 0.309 e. The number of carboxylic acids is 1.